The van der Waals surface area contributed by atoms with Gasteiger partial charge in [0.25, 0.3) is 0 Å². The molecule has 5 nitrogen and oxygen atoms in total. The zero-order chi connectivity index (χ0) is 17.0. The SMILES string of the molecule is CN=C(NCCCCC1CCCC1)NCCCNC(=O)C1CCC1.I. The van der Waals surface area contributed by atoms with E-state index in [-0.39, 0.29) is 35.8 Å². The van der Waals surface area contributed by atoms with Crippen LogP contribution in [0, 0.1) is 11.8 Å². The van der Waals surface area contributed by atoms with Gasteiger partial charge in [0.15, 0.2) is 5.96 Å². The second-order valence-electron chi connectivity index (χ2n) is 7.34. The number of nitrogens with one attached hydrogen (secondary N) is 3. The van der Waals surface area contributed by atoms with Crippen LogP contribution in [0.3, 0.4) is 0 Å². The lowest BCUT2D eigenvalue weighted by Crippen LogP contribution is -2.40. The zero-order valence-electron chi connectivity index (χ0n) is 15.8. The zero-order valence-corrected chi connectivity index (χ0v) is 18.1. The lowest BCUT2D eigenvalue weighted by atomic mass is 9.85. The average Bonchev–Trinajstić information content (AvgIpc) is 3.04. The Balaban J connectivity index is 0.00000312. The molecule has 0 saturated heterocycles. The first kappa shape index (κ1) is 22.5. The van der Waals surface area contributed by atoms with E-state index in [0.29, 0.717) is 0 Å². The van der Waals surface area contributed by atoms with Crippen LogP contribution in [-0.4, -0.2) is 38.5 Å². The Morgan fingerprint density at radius 2 is 1.52 bits per heavy atom. The van der Waals surface area contributed by atoms with Gasteiger partial charge in [-0.15, -0.1) is 24.0 Å². The van der Waals surface area contributed by atoms with Crippen LogP contribution in [0.4, 0.5) is 0 Å². The predicted molar refractivity (Wildman–Crippen MR) is 116 cm³/mol. The third-order valence-corrected chi connectivity index (χ3v) is 5.45. The smallest absolute Gasteiger partial charge is 0.223 e. The molecule has 25 heavy (non-hydrogen) atoms. The van der Waals surface area contributed by atoms with Gasteiger partial charge in [0, 0.05) is 32.6 Å². The van der Waals surface area contributed by atoms with E-state index in [2.05, 4.69) is 20.9 Å². The largest absolute Gasteiger partial charge is 0.356 e. The van der Waals surface area contributed by atoms with E-state index in [4.69, 9.17) is 0 Å². The summed E-state index contributed by atoms with van der Waals surface area (Å²) in [5, 5.41) is 9.73. The Hall–Kier alpha value is -0.530. The number of unbranched alkanes of at least 4 members (excludes halogenated alkanes) is 1. The van der Waals surface area contributed by atoms with Gasteiger partial charge in [-0.05, 0) is 31.6 Å². The summed E-state index contributed by atoms with van der Waals surface area (Å²) in [4.78, 5) is 16.0. The Morgan fingerprint density at radius 3 is 2.12 bits per heavy atom. The molecular weight excluding hydrogens is 427 g/mol. The lowest BCUT2D eigenvalue weighted by Gasteiger charge is -2.24. The van der Waals surface area contributed by atoms with Gasteiger partial charge in [-0.3, -0.25) is 9.79 Å². The predicted octanol–water partition coefficient (Wildman–Crippen LogP) is 3.44. The van der Waals surface area contributed by atoms with Gasteiger partial charge in [-0.2, -0.15) is 0 Å². The quantitative estimate of drug-likeness (QED) is 0.201. The van der Waals surface area contributed by atoms with E-state index >= 15 is 0 Å². The first-order valence-electron chi connectivity index (χ1n) is 10.0. The van der Waals surface area contributed by atoms with E-state index < -0.39 is 0 Å². The fourth-order valence-corrected chi connectivity index (χ4v) is 3.61. The van der Waals surface area contributed by atoms with Crippen LogP contribution >= 0.6 is 24.0 Å². The fraction of sp³-hybridized carbons (Fsp3) is 0.895. The van der Waals surface area contributed by atoms with Gasteiger partial charge >= 0.3 is 0 Å². The Kier molecular flexibility index (Phi) is 12.3. The van der Waals surface area contributed by atoms with Gasteiger partial charge in [-0.25, -0.2) is 0 Å². The second kappa shape index (κ2) is 13.6. The highest BCUT2D eigenvalue weighted by atomic mass is 127. The van der Waals surface area contributed by atoms with Gasteiger partial charge in [0.1, 0.15) is 0 Å². The summed E-state index contributed by atoms with van der Waals surface area (Å²) in [6.45, 7) is 2.58. The Morgan fingerprint density at radius 1 is 0.880 bits per heavy atom. The van der Waals surface area contributed by atoms with Gasteiger partial charge < -0.3 is 16.0 Å². The van der Waals surface area contributed by atoms with Crippen molar-refractivity contribution in [3.8, 4) is 0 Å². The molecule has 0 atom stereocenters. The topological polar surface area (TPSA) is 65.5 Å². The molecule has 2 saturated carbocycles. The first-order chi connectivity index (χ1) is 11.8. The number of hydrogen-bond donors (Lipinski definition) is 3. The number of amides is 1. The molecule has 0 aromatic heterocycles. The molecule has 0 aliphatic heterocycles. The van der Waals surface area contributed by atoms with Crippen molar-refractivity contribution in [2.24, 2.45) is 16.8 Å². The first-order valence-corrected chi connectivity index (χ1v) is 10.0. The monoisotopic (exact) mass is 464 g/mol. The van der Waals surface area contributed by atoms with Crippen LogP contribution in [0.1, 0.15) is 70.6 Å². The fourth-order valence-electron chi connectivity index (χ4n) is 3.61. The molecule has 6 heteroatoms. The molecule has 2 fully saturated rings. The molecule has 0 bridgehead atoms. The number of halogens is 1. The van der Waals surface area contributed by atoms with Crippen LogP contribution in [0.25, 0.3) is 0 Å². The highest BCUT2D eigenvalue weighted by Gasteiger charge is 2.24. The molecular formula is C19H37IN4O. The van der Waals surface area contributed by atoms with Crippen LogP contribution in [-0.2, 0) is 4.79 Å². The van der Waals surface area contributed by atoms with Crippen molar-refractivity contribution >= 4 is 35.8 Å². The second-order valence-corrected chi connectivity index (χ2v) is 7.34. The minimum Gasteiger partial charge on any atom is -0.356 e. The minimum atomic E-state index is 0. The van der Waals surface area contributed by atoms with Crippen molar-refractivity contribution in [1.82, 2.24) is 16.0 Å². The molecule has 1 amide bonds. The van der Waals surface area contributed by atoms with Crippen molar-refractivity contribution in [3.63, 3.8) is 0 Å². The summed E-state index contributed by atoms with van der Waals surface area (Å²) in [6.07, 6.45) is 14.0. The molecule has 0 aromatic rings. The molecule has 2 aliphatic carbocycles. The third-order valence-electron chi connectivity index (χ3n) is 5.45. The molecule has 3 N–H and O–H groups in total. The van der Waals surface area contributed by atoms with Gasteiger partial charge in [0.2, 0.25) is 5.91 Å². The standard InChI is InChI=1S/C19H36N4O.HI/c1-20-19(22-13-5-4-10-16-8-2-3-9-16)23-15-7-14-21-18(24)17-11-6-12-17;/h16-17H,2-15H2,1H3,(H,21,24)(H2,20,22,23);1H. The van der Waals surface area contributed by atoms with Gasteiger partial charge in [-0.1, -0.05) is 44.9 Å². The Labute approximate surface area is 170 Å². The Bertz CT molecular complexity index is 393. The number of rotatable bonds is 10. The molecule has 2 rings (SSSR count). The van der Waals surface area contributed by atoms with Crippen LogP contribution in [0.15, 0.2) is 4.99 Å². The summed E-state index contributed by atoms with van der Waals surface area (Å²) < 4.78 is 0. The van der Waals surface area contributed by atoms with Crippen LogP contribution in [0.2, 0.25) is 0 Å². The van der Waals surface area contributed by atoms with Crippen LogP contribution in [0.5, 0.6) is 0 Å². The summed E-state index contributed by atoms with van der Waals surface area (Å²) in [5.74, 6) is 2.40. The number of guanidine groups is 1. The third kappa shape index (κ3) is 9.11. The van der Waals surface area contributed by atoms with Crippen molar-refractivity contribution < 1.29 is 4.79 Å². The van der Waals surface area contributed by atoms with Crippen molar-refractivity contribution in [2.75, 3.05) is 26.7 Å². The number of aliphatic imine (C=N–C) groups is 1. The number of carbonyl (C=O) groups excluding carboxylic acids is 1. The van der Waals surface area contributed by atoms with Crippen molar-refractivity contribution in [3.05, 3.63) is 0 Å². The van der Waals surface area contributed by atoms with E-state index in [1.54, 1.807) is 0 Å². The normalized spacial score (nSPS) is 18.4. The maximum atomic E-state index is 11.7. The molecule has 2 aliphatic rings. The van der Waals surface area contributed by atoms with Crippen molar-refractivity contribution in [1.29, 1.82) is 0 Å². The van der Waals surface area contributed by atoms with Crippen LogP contribution < -0.4 is 16.0 Å². The number of carbonyl (C=O) groups is 1. The summed E-state index contributed by atoms with van der Waals surface area (Å²) in [6, 6.07) is 0. The summed E-state index contributed by atoms with van der Waals surface area (Å²) >= 11 is 0. The minimum absolute atomic E-state index is 0. The summed E-state index contributed by atoms with van der Waals surface area (Å²) in [7, 11) is 1.81. The highest BCUT2D eigenvalue weighted by Crippen LogP contribution is 2.28. The molecule has 0 spiro atoms. The van der Waals surface area contributed by atoms with Crippen molar-refractivity contribution in [2.45, 2.75) is 70.6 Å². The molecule has 146 valence electrons. The maximum Gasteiger partial charge on any atom is 0.223 e. The van der Waals surface area contributed by atoms with E-state index in [0.717, 1.165) is 50.8 Å². The van der Waals surface area contributed by atoms with E-state index in [1.165, 1.54) is 51.4 Å². The molecule has 0 heterocycles. The molecule has 0 radical (unpaired) electrons. The number of nitrogens with zero attached hydrogens (tertiary/aromatic N) is 1. The summed E-state index contributed by atoms with van der Waals surface area (Å²) in [5.41, 5.74) is 0. The number of hydrogen-bond acceptors (Lipinski definition) is 2. The van der Waals surface area contributed by atoms with E-state index in [9.17, 15) is 4.79 Å². The maximum absolute atomic E-state index is 11.7. The molecule has 0 aromatic carbocycles. The average molecular weight is 464 g/mol. The lowest BCUT2D eigenvalue weighted by molar-refractivity contribution is -0.127. The van der Waals surface area contributed by atoms with Gasteiger partial charge in [0.05, 0.1) is 0 Å². The highest BCUT2D eigenvalue weighted by molar-refractivity contribution is 14.0. The molecule has 0 unspecified atom stereocenters. The van der Waals surface area contributed by atoms with E-state index in [1.807, 2.05) is 7.05 Å².